The summed E-state index contributed by atoms with van der Waals surface area (Å²) < 4.78 is 0. The Balaban J connectivity index is 1.53. The summed E-state index contributed by atoms with van der Waals surface area (Å²) in [5, 5.41) is 3.06. The standard InChI is InChI=1S/C25H29N3O3/c1-17(2)22(28-24(30)19-12-6-7-13-20(19)25(28)31)23(29)26-16-21(27-14-8-9-15-27)18-10-4-3-5-11-18/h3-7,10-13,17,21-22H,8-9,14-16H2,1-2H3,(H,26,29). The highest BCUT2D eigenvalue weighted by molar-refractivity contribution is 6.22. The zero-order valence-electron chi connectivity index (χ0n) is 18.1. The fourth-order valence-corrected chi connectivity index (χ4v) is 4.67. The van der Waals surface area contributed by atoms with Crippen LogP contribution in [-0.4, -0.2) is 53.2 Å². The lowest BCUT2D eigenvalue weighted by Crippen LogP contribution is -2.53. The van der Waals surface area contributed by atoms with E-state index in [-0.39, 0.29) is 17.9 Å². The van der Waals surface area contributed by atoms with E-state index in [4.69, 9.17) is 0 Å². The Morgan fingerprint density at radius 3 is 2.00 bits per heavy atom. The Hall–Kier alpha value is -2.99. The largest absolute Gasteiger partial charge is 0.352 e. The summed E-state index contributed by atoms with van der Waals surface area (Å²) in [5.74, 6) is -1.28. The van der Waals surface area contributed by atoms with Gasteiger partial charge in [0.15, 0.2) is 0 Å². The fraction of sp³-hybridized carbons (Fsp3) is 0.400. The Morgan fingerprint density at radius 2 is 1.45 bits per heavy atom. The van der Waals surface area contributed by atoms with E-state index in [1.807, 2.05) is 32.0 Å². The van der Waals surface area contributed by atoms with Crippen LogP contribution in [0, 0.1) is 5.92 Å². The molecule has 1 N–H and O–H groups in total. The van der Waals surface area contributed by atoms with Crippen molar-refractivity contribution in [2.75, 3.05) is 19.6 Å². The number of nitrogens with one attached hydrogen (secondary N) is 1. The molecule has 2 atom stereocenters. The molecule has 1 saturated heterocycles. The molecule has 2 aliphatic rings. The Labute approximate surface area is 183 Å². The van der Waals surface area contributed by atoms with Crippen LogP contribution in [-0.2, 0) is 4.79 Å². The van der Waals surface area contributed by atoms with Crippen molar-refractivity contribution < 1.29 is 14.4 Å². The first kappa shape index (κ1) is 21.2. The number of benzene rings is 2. The van der Waals surface area contributed by atoms with E-state index in [9.17, 15) is 14.4 Å². The summed E-state index contributed by atoms with van der Waals surface area (Å²) in [4.78, 5) is 42.7. The molecule has 4 rings (SSSR count). The van der Waals surface area contributed by atoms with Crippen molar-refractivity contribution in [1.29, 1.82) is 0 Å². The van der Waals surface area contributed by atoms with Crippen molar-refractivity contribution in [3.8, 4) is 0 Å². The number of carbonyl (C=O) groups is 3. The van der Waals surface area contributed by atoms with E-state index in [2.05, 4.69) is 22.3 Å². The van der Waals surface area contributed by atoms with Gasteiger partial charge < -0.3 is 5.32 Å². The normalized spacial score (nSPS) is 18.4. The van der Waals surface area contributed by atoms with Crippen LogP contribution in [0.15, 0.2) is 54.6 Å². The predicted molar refractivity (Wildman–Crippen MR) is 119 cm³/mol. The highest BCUT2D eigenvalue weighted by Gasteiger charge is 2.44. The molecule has 2 aliphatic heterocycles. The van der Waals surface area contributed by atoms with Crippen LogP contribution < -0.4 is 5.32 Å². The molecule has 6 nitrogen and oxygen atoms in total. The first-order valence-electron chi connectivity index (χ1n) is 11.0. The van der Waals surface area contributed by atoms with Gasteiger partial charge in [-0.2, -0.15) is 0 Å². The number of hydrogen-bond donors (Lipinski definition) is 1. The summed E-state index contributed by atoms with van der Waals surface area (Å²) in [6.45, 7) is 6.17. The number of nitrogens with zero attached hydrogens (tertiary/aromatic N) is 2. The second-order valence-electron chi connectivity index (χ2n) is 8.63. The van der Waals surface area contributed by atoms with Gasteiger partial charge in [0.25, 0.3) is 11.8 Å². The third-order valence-corrected chi connectivity index (χ3v) is 6.24. The Kier molecular flexibility index (Phi) is 6.18. The van der Waals surface area contributed by atoms with Gasteiger partial charge in [0, 0.05) is 6.54 Å². The van der Waals surface area contributed by atoms with Crippen LogP contribution in [0.5, 0.6) is 0 Å². The SMILES string of the molecule is CC(C)C(C(=O)NCC(c1ccccc1)N1CCCC1)N1C(=O)c2ccccc2C1=O. The van der Waals surface area contributed by atoms with Gasteiger partial charge in [-0.3, -0.25) is 24.2 Å². The third-order valence-electron chi connectivity index (χ3n) is 6.24. The van der Waals surface area contributed by atoms with Crippen molar-refractivity contribution in [2.24, 2.45) is 5.92 Å². The molecular weight excluding hydrogens is 390 g/mol. The minimum absolute atomic E-state index is 0.0719. The third kappa shape index (κ3) is 4.12. The molecule has 0 bridgehead atoms. The van der Waals surface area contributed by atoms with Gasteiger partial charge in [-0.25, -0.2) is 0 Å². The molecule has 31 heavy (non-hydrogen) atoms. The molecule has 0 saturated carbocycles. The molecule has 0 spiro atoms. The molecule has 0 aliphatic carbocycles. The maximum Gasteiger partial charge on any atom is 0.262 e. The summed E-state index contributed by atoms with van der Waals surface area (Å²) in [6, 6.07) is 16.2. The molecular formula is C25H29N3O3. The molecule has 0 aromatic heterocycles. The van der Waals surface area contributed by atoms with E-state index >= 15 is 0 Å². The summed E-state index contributed by atoms with van der Waals surface area (Å²) >= 11 is 0. The summed E-state index contributed by atoms with van der Waals surface area (Å²) in [6.07, 6.45) is 2.31. The Bertz CT molecular complexity index is 932. The highest BCUT2D eigenvalue weighted by Crippen LogP contribution is 2.28. The van der Waals surface area contributed by atoms with Crippen molar-refractivity contribution in [3.63, 3.8) is 0 Å². The molecule has 0 radical (unpaired) electrons. The topological polar surface area (TPSA) is 69.7 Å². The molecule has 1 fully saturated rings. The number of fused-ring (bicyclic) bond motifs is 1. The quantitative estimate of drug-likeness (QED) is 0.700. The van der Waals surface area contributed by atoms with Crippen LogP contribution in [0.2, 0.25) is 0 Å². The second-order valence-corrected chi connectivity index (χ2v) is 8.63. The van der Waals surface area contributed by atoms with Gasteiger partial charge >= 0.3 is 0 Å². The highest BCUT2D eigenvalue weighted by atomic mass is 16.2. The second kappa shape index (κ2) is 9.02. The van der Waals surface area contributed by atoms with Gasteiger partial charge in [-0.1, -0.05) is 56.3 Å². The minimum Gasteiger partial charge on any atom is -0.352 e. The lowest BCUT2D eigenvalue weighted by Gasteiger charge is -2.31. The average molecular weight is 420 g/mol. The lowest BCUT2D eigenvalue weighted by molar-refractivity contribution is -0.126. The van der Waals surface area contributed by atoms with Gasteiger partial charge in [0.05, 0.1) is 17.2 Å². The zero-order chi connectivity index (χ0) is 22.0. The number of hydrogen-bond acceptors (Lipinski definition) is 4. The predicted octanol–water partition coefficient (Wildman–Crippen LogP) is 3.26. The molecule has 6 heteroatoms. The number of carbonyl (C=O) groups excluding carboxylic acids is 3. The average Bonchev–Trinajstić information content (AvgIpc) is 3.38. The van der Waals surface area contributed by atoms with E-state index in [1.54, 1.807) is 24.3 Å². The molecule has 2 unspecified atom stereocenters. The van der Waals surface area contributed by atoms with Crippen LogP contribution in [0.4, 0.5) is 0 Å². The summed E-state index contributed by atoms with van der Waals surface area (Å²) in [5.41, 5.74) is 1.89. The van der Waals surface area contributed by atoms with Crippen LogP contribution in [0.25, 0.3) is 0 Å². The van der Waals surface area contributed by atoms with Crippen molar-refractivity contribution in [3.05, 3.63) is 71.3 Å². The number of rotatable bonds is 7. The van der Waals surface area contributed by atoms with Crippen LogP contribution >= 0.6 is 0 Å². The Morgan fingerprint density at radius 1 is 0.903 bits per heavy atom. The van der Waals surface area contributed by atoms with Crippen LogP contribution in [0.3, 0.4) is 0 Å². The lowest BCUT2D eigenvalue weighted by atomic mass is 10.0. The maximum absolute atomic E-state index is 13.3. The van der Waals surface area contributed by atoms with E-state index < -0.39 is 17.9 Å². The number of likely N-dealkylation sites (tertiary alicyclic amines) is 1. The van der Waals surface area contributed by atoms with Crippen molar-refractivity contribution >= 4 is 17.7 Å². The van der Waals surface area contributed by atoms with Crippen molar-refractivity contribution in [2.45, 2.75) is 38.8 Å². The maximum atomic E-state index is 13.3. The zero-order valence-corrected chi connectivity index (χ0v) is 18.1. The fourth-order valence-electron chi connectivity index (χ4n) is 4.67. The van der Waals surface area contributed by atoms with Crippen LogP contribution in [0.1, 0.15) is 59.0 Å². The van der Waals surface area contributed by atoms with Crippen molar-refractivity contribution in [1.82, 2.24) is 15.1 Å². The summed E-state index contributed by atoms with van der Waals surface area (Å²) in [7, 11) is 0. The monoisotopic (exact) mass is 419 g/mol. The smallest absolute Gasteiger partial charge is 0.262 e. The molecule has 3 amide bonds. The van der Waals surface area contributed by atoms with Gasteiger partial charge in [0.1, 0.15) is 6.04 Å². The van der Waals surface area contributed by atoms with Gasteiger partial charge in [-0.05, 0) is 49.5 Å². The van der Waals surface area contributed by atoms with Gasteiger partial charge in [0.2, 0.25) is 5.91 Å². The number of imide groups is 1. The first-order chi connectivity index (χ1) is 15.0. The van der Waals surface area contributed by atoms with Gasteiger partial charge in [-0.15, -0.1) is 0 Å². The molecule has 2 heterocycles. The molecule has 2 aromatic carbocycles. The van der Waals surface area contributed by atoms with E-state index in [0.29, 0.717) is 17.7 Å². The molecule has 162 valence electrons. The first-order valence-corrected chi connectivity index (χ1v) is 11.0. The van der Waals surface area contributed by atoms with E-state index in [1.165, 1.54) is 0 Å². The number of amides is 3. The van der Waals surface area contributed by atoms with E-state index in [0.717, 1.165) is 36.4 Å². The molecule has 2 aromatic rings. The minimum atomic E-state index is -0.845.